The molecule has 88 valence electrons. The summed E-state index contributed by atoms with van der Waals surface area (Å²) in [4.78, 5) is 16.7. The van der Waals surface area contributed by atoms with Gasteiger partial charge in [0.25, 0.3) is 3.79 Å². The van der Waals surface area contributed by atoms with Crippen molar-refractivity contribution in [2.45, 2.75) is 3.79 Å². The summed E-state index contributed by atoms with van der Waals surface area (Å²) in [5.74, 6) is 4.61. The molecule has 0 radical (unpaired) electrons. The summed E-state index contributed by atoms with van der Waals surface area (Å²) in [6.07, 6.45) is 1.49. The largest absolute Gasteiger partial charge is 0.357 e. The van der Waals surface area contributed by atoms with E-state index in [1.165, 1.54) is 12.3 Å². The first-order valence-electron chi connectivity index (χ1n) is 4.25. The molecule has 0 saturated carbocycles. The third-order valence-corrected chi connectivity index (χ3v) is 2.15. The molecule has 0 saturated heterocycles. The molecule has 0 aromatic carbocycles. The van der Waals surface area contributed by atoms with E-state index in [2.05, 4.69) is 26.9 Å². The fraction of sp³-hybridized carbons (Fsp3) is 0.222. The van der Waals surface area contributed by atoms with E-state index in [0.717, 1.165) is 0 Å². The molecule has 0 aliphatic rings. The van der Waals surface area contributed by atoms with Crippen LogP contribution in [0.1, 0.15) is 16.1 Å². The predicted molar refractivity (Wildman–Crippen MR) is 66.3 cm³/mol. The molecule has 8 heteroatoms. The third-order valence-electron chi connectivity index (χ3n) is 1.63. The molecule has 5 nitrogen and oxygen atoms in total. The fourth-order valence-corrected chi connectivity index (χ4v) is 1.26. The van der Waals surface area contributed by atoms with Crippen molar-refractivity contribution in [2.75, 3.05) is 6.54 Å². The number of carbonyl (C=O) groups is 1. The second kappa shape index (κ2) is 5.85. The normalized spacial score (nSPS) is 10.1. The van der Waals surface area contributed by atoms with Crippen LogP contribution >= 0.6 is 34.8 Å². The molecular formula is C9H5Cl3N4O. The highest BCUT2D eigenvalue weighted by molar-refractivity contribution is 6.77. The Morgan fingerprint density at radius 2 is 2.29 bits per heavy atom. The lowest BCUT2D eigenvalue weighted by molar-refractivity contribution is 0.0992. The number of nitrogens with zero attached hydrogens (tertiary/aromatic N) is 3. The number of ketones is 1. The van der Waals surface area contributed by atoms with Gasteiger partial charge in [0.05, 0.1) is 12.2 Å². The summed E-state index contributed by atoms with van der Waals surface area (Å²) in [5, 5.41) is 3.23. The molecule has 0 spiro atoms. The standard InChI is InChI=1S/C9H5Cl3N4O/c10-9(11,12)8(17)7-4-6(5-14-7)2-1-3-15-16-13/h4-5,14H,3H2. The van der Waals surface area contributed by atoms with Crippen LogP contribution in [-0.2, 0) is 0 Å². The van der Waals surface area contributed by atoms with Gasteiger partial charge in [-0.15, -0.1) is 0 Å². The topological polar surface area (TPSA) is 81.6 Å². The zero-order valence-electron chi connectivity index (χ0n) is 8.25. The summed E-state index contributed by atoms with van der Waals surface area (Å²) in [6, 6.07) is 1.45. The molecule has 1 rings (SSSR count). The minimum absolute atomic E-state index is 0.0510. The lowest BCUT2D eigenvalue weighted by atomic mass is 10.2. The van der Waals surface area contributed by atoms with Gasteiger partial charge in [0.15, 0.2) is 0 Å². The Bertz CT molecular complexity index is 528. The number of nitrogens with one attached hydrogen (secondary N) is 1. The van der Waals surface area contributed by atoms with Crippen molar-refractivity contribution in [1.82, 2.24) is 4.98 Å². The Kier molecular flexibility index (Phi) is 4.73. The van der Waals surface area contributed by atoms with Crippen LogP contribution in [0.4, 0.5) is 0 Å². The van der Waals surface area contributed by atoms with Crippen molar-refractivity contribution in [3.8, 4) is 11.8 Å². The van der Waals surface area contributed by atoms with Gasteiger partial charge in [-0.3, -0.25) is 4.79 Å². The lowest BCUT2D eigenvalue weighted by Gasteiger charge is -2.06. The highest BCUT2D eigenvalue weighted by atomic mass is 35.6. The van der Waals surface area contributed by atoms with Crippen LogP contribution in [0.2, 0.25) is 0 Å². The molecule has 1 aromatic heterocycles. The first-order chi connectivity index (χ1) is 7.95. The molecule has 17 heavy (non-hydrogen) atoms. The first-order valence-corrected chi connectivity index (χ1v) is 5.38. The molecule has 0 aliphatic heterocycles. The molecular weight excluding hydrogens is 286 g/mol. The smallest absolute Gasteiger partial charge is 0.254 e. The SMILES string of the molecule is [N-]=[N+]=NCC#Cc1c[nH]c(C(=O)C(Cl)(Cl)Cl)c1. The highest BCUT2D eigenvalue weighted by Gasteiger charge is 2.32. The van der Waals surface area contributed by atoms with Gasteiger partial charge in [0.1, 0.15) is 0 Å². The number of alkyl halides is 3. The van der Waals surface area contributed by atoms with E-state index in [1.54, 1.807) is 0 Å². The van der Waals surface area contributed by atoms with Crippen molar-refractivity contribution >= 4 is 40.6 Å². The van der Waals surface area contributed by atoms with Crippen LogP contribution < -0.4 is 0 Å². The van der Waals surface area contributed by atoms with E-state index in [-0.39, 0.29) is 12.2 Å². The van der Waals surface area contributed by atoms with Crippen molar-refractivity contribution in [2.24, 2.45) is 5.11 Å². The van der Waals surface area contributed by atoms with E-state index in [9.17, 15) is 4.79 Å². The number of aromatic nitrogens is 1. The number of halogens is 3. The van der Waals surface area contributed by atoms with Crippen molar-refractivity contribution < 1.29 is 4.79 Å². The Morgan fingerprint density at radius 1 is 1.59 bits per heavy atom. The number of H-pyrrole nitrogens is 1. The van der Waals surface area contributed by atoms with Gasteiger partial charge in [-0.25, -0.2) is 0 Å². The van der Waals surface area contributed by atoms with E-state index in [1.807, 2.05) is 0 Å². The number of Topliss-reactive ketones (excluding diaryl/α,β-unsaturated/α-hetero) is 1. The van der Waals surface area contributed by atoms with E-state index in [4.69, 9.17) is 40.3 Å². The van der Waals surface area contributed by atoms with Crippen LogP contribution in [0, 0.1) is 11.8 Å². The quantitative estimate of drug-likeness (QED) is 0.223. The van der Waals surface area contributed by atoms with Crippen molar-refractivity contribution in [1.29, 1.82) is 0 Å². The number of aromatic amines is 1. The van der Waals surface area contributed by atoms with Crippen LogP contribution in [0.5, 0.6) is 0 Å². The summed E-state index contributed by atoms with van der Waals surface area (Å²) in [6.45, 7) is 0.0510. The van der Waals surface area contributed by atoms with Gasteiger partial charge in [0, 0.05) is 16.7 Å². The summed E-state index contributed by atoms with van der Waals surface area (Å²) >= 11 is 16.3. The zero-order chi connectivity index (χ0) is 12.9. The van der Waals surface area contributed by atoms with Gasteiger partial charge in [0.2, 0.25) is 5.78 Å². The average molecular weight is 292 g/mol. The van der Waals surface area contributed by atoms with Crippen molar-refractivity contribution in [3.05, 3.63) is 34.0 Å². The van der Waals surface area contributed by atoms with Crippen LogP contribution in [0.25, 0.3) is 10.4 Å². The predicted octanol–water partition coefficient (Wildman–Crippen LogP) is 3.23. The minimum atomic E-state index is -2.00. The van der Waals surface area contributed by atoms with E-state index >= 15 is 0 Å². The maximum atomic E-state index is 11.5. The molecule has 1 aromatic rings. The fourth-order valence-electron chi connectivity index (χ4n) is 0.959. The highest BCUT2D eigenvalue weighted by Crippen LogP contribution is 2.30. The summed E-state index contributed by atoms with van der Waals surface area (Å²) in [5.41, 5.74) is 8.71. The zero-order valence-corrected chi connectivity index (χ0v) is 10.5. The number of hydrogen-bond donors (Lipinski definition) is 1. The molecule has 0 amide bonds. The summed E-state index contributed by atoms with van der Waals surface area (Å²) < 4.78 is -2.00. The van der Waals surface area contributed by atoms with Gasteiger partial charge < -0.3 is 4.98 Å². The Balaban J connectivity index is 2.81. The molecule has 1 N–H and O–H groups in total. The first kappa shape index (κ1) is 13.8. The number of carbonyl (C=O) groups excluding carboxylic acids is 1. The lowest BCUT2D eigenvalue weighted by Crippen LogP contribution is -2.19. The second-order valence-electron chi connectivity index (χ2n) is 2.82. The van der Waals surface area contributed by atoms with E-state index < -0.39 is 9.58 Å². The van der Waals surface area contributed by atoms with Gasteiger partial charge in [-0.2, -0.15) is 0 Å². The van der Waals surface area contributed by atoms with E-state index in [0.29, 0.717) is 5.56 Å². The summed E-state index contributed by atoms with van der Waals surface area (Å²) in [7, 11) is 0. The molecule has 1 heterocycles. The average Bonchev–Trinajstić information content (AvgIpc) is 2.70. The molecule has 0 bridgehead atoms. The monoisotopic (exact) mass is 290 g/mol. The number of rotatable bonds is 2. The molecule has 0 unspecified atom stereocenters. The van der Waals surface area contributed by atoms with Gasteiger partial charge >= 0.3 is 0 Å². The van der Waals surface area contributed by atoms with Crippen molar-refractivity contribution in [3.63, 3.8) is 0 Å². The minimum Gasteiger partial charge on any atom is -0.357 e. The van der Waals surface area contributed by atoms with Crippen LogP contribution in [0.15, 0.2) is 17.4 Å². The van der Waals surface area contributed by atoms with Crippen LogP contribution in [-0.4, -0.2) is 21.1 Å². The Labute approximate surface area is 112 Å². The number of hydrogen-bond acceptors (Lipinski definition) is 2. The molecule has 0 aliphatic carbocycles. The van der Waals surface area contributed by atoms with Crippen LogP contribution in [0.3, 0.4) is 0 Å². The van der Waals surface area contributed by atoms with Gasteiger partial charge in [-0.05, 0) is 11.6 Å². The Morgan fingerprint density at radius 3 is 2.88 bits per heavy atom. The maximum Gasteiger partial charge on any atom is 0.254 e. The maximum absolute atomic E-state index is 11.5. The van der Waals surface area contributed by atoms with Gasteiger partial charge in [-0.1, -0.05) is 51.8 Å². The third kappa shape index (κ3) is 4.22. The molecule has 0 atom stereocenters. The Hall–Kier alpha value is -1.31. The molecule has 0 fully saturated rings. The second-order valence-corrected chi connectivity index (χ2v) is 5.10. The number of azide groups is 1.